The highest BCUT2D eigenvalue weighted by Crippen LogP contribution is 2.28. The summed E-state index contributed by atoms with van der Waals surface area (Å²) in [6, 6.07) is 5.12. The molecule has 1 unspecified atom stereocenters. The van der Waals surface area contributed by atoms with Crippen LogP contribution in [0.4, 0.5) is 5.69 Å². The fourth-order valence-electron chi connectivity index (χ4n) is 2.95. The molecule has 128 valence electrons. The van der Waals surface area contributed by atoms with E-state index < -0.39 is 5.97 Å². The lowest BCUT2D eigenvalue weighted by Crippen LogP contribution is -2.42. The second kappa shape index (κ2) is 6.88. The number of nitrogens with zero attached hydrogens (tertiary/aromatic N) is 1. The van der Waals surface area contributed by atoms with Crippen LogP contribution >= 0.6 is 0 Å². The third kappa shape index (κ3) is 3.48. The molecule has 1 aromatic carbocycles. The fourth-order valence-corrected chi connectivity index (χ4v) is 2.95. The maximum absolute atomic E-state index is 12.7. The van der Waals surface area contributed by atoms with E-state index in [0.717, 1.165) is 5.56 Å². The highest BCUT2D eigenvalue weighted by molar-refractivity contribution is 5.99. The number of carbonyl (C=O) groups excluding carboxylic acids is 2. The van der Waals surface area contributed by atoms with Crippen LogP contribution in [-0.2, 0) is 20.9 Å². The van der Waals surface area contributed by atoms with Gasteiger partial charge in [0, 0.05) is 24.2 Å². The van der Waals surface area contributed by atoms with Crippen molar-refractivity contribution in [2.75, 3.05) is 25.2 Å². The van der Waals surface area contributed by atoms with Gasteiger partial charge < -0.3 is 25.4 Å². The molecule has 3 N–H and O–H groups in total. The van der Waals surface area contributed by atoms with Gasteiger partial charge in [-0.3, -0.25) is 14.4 Å². The second-order valence-corrected chi connectivity index (χ2v) is 5.86. The monoisotopic (exact) mass is 333 g/mol. The van der Waals surface area contributed by atoms with Gasteiger partial charge in [-0.05, 0) is 24.1 Å². The highest BCUT2D eigenvalue weighted by Gasteiger charge is 2.33. The van der Waals surface area contributed by atoms with Gasteiger partial charge in [-0.15, -0.1) is 0 Å². The Morgan fingerprint density at radius 1 is 1.42 bits per heavy atom. The molecule has 8 nitrogen and oxygen atoms in total. The van der Waals surface area contributed by atoms with E-state index in [-0.39, 0.29) is 31.1 Å². The number of hydrogen-bond acceptors (Lipinski definition) is 5. The molecule has 2 amide bonds. The Hall–Kier alpha value is -2.61. The minimum Gasteiger partial charge on any atom is -0.480 e. The fraction of sp³-hybridized carbons (Fsp3) is 0.438. The lowest BCUT2D eigenvalue weighted by molar-refractivity contribution is -0.135. The zero-order chi connectivity index (χ0) is 17.1. The number of rotatable bonds is 4. The average Bonchev–Trinajstić information content (AvgIpc) is 2.86. The summed E-state index contributed by atoms with van der Waals surface area (Å²) >= 11 is 0. The van der Waals surface area contributed by atoms with E-state index in [2.05, 4.69) is 10.6 Å². The normalized spacial score (nSPS) is 20.8. The number of carboxylic acid groups (broad SMARTS) is 1. The minimum atomic E-state index is -0.964. The average molecular weight is 333 g/mol. The molecular formula is C16H19N3O5. The molecule has 1 saturated heterocycles. The Bertz CT molecular complexity index is 676. The molecule has 0 saturated carbocycles. The number of carboxylic acids is 1. The van der Waals surface area contributed by atoms with Gasteiger partial charge in [0.25, 0.3) is 5.91 Å². The van der Waals surface area contributed by atoms with Gasteiger partial charge >= 0.3 is 5.97 Å². The number of hydrogen-bond donors (Lipinski definition) is 3. The summed E-state index contributed by atoms with van der Waals surface area (Å²) in [6.07, 6.45) is 0.912. The Morgan fingerprint density at radius 3 is 3.04 bits per heavy atom. The molecule has 2 aliphatic heterocycles. The summed E-state index contributed by atoms with van der Waals surface area (Å²) in [6.45, 7) is 0.809. The van der Waals surface area contributed by atoms with Gasteiger partial charge in [0.2, 0.25) is 5.91 Å². The second-order valence-electron chi connectivity index (χ2n) is 5.86. The molecular weight excluding hydrogens is 314 g/mol. The number of anilines is 1. The largest absolute Gasteiger partial charge is 0.480 e. The van der Waals surface area contributed by atoms with Gasteiger partial charge in [0.15, 0.2) is 0 Å². The number of benzene rings is 1. The SMILES string of the molecule is O=C(O)CNc1ccc2c(c1)C(=O)N(C1CCC(=O)NCOC1)C2. The number of aliphatic carboxylic acids is 1. The highest BCUT2D eigenvalue weighted by atomic mass is 16.5. The molecule has 0 aliphatic carbocycles. The van der Waals surface area contributed by atoms with Crippen molar-refractivity contribution in [1.29, 1.82) is 0 Å². The van der Waals surface area contributed by atoms with E-state index in [1.807, 2.05) is 6.07 Å². The van der Waals surface area contributed by atoms with Gasteiger partial charge in [-0.2, -0.15) is 0 Å². The lowest BCUT2D eigenvalue weighted by atomic mass is 10.1. The number of nitrogens with one attached hydrogen (secondary N) is 2. The van der Waals surface area contributed by atoms with Crippen molar-refractivity contribution >= 4 is 23.5 Å². The molecule has 2 aliphatic rings. The molecule has 0 radical (unpaired) electrons. The van der Waals surface area contributed by atoms with Crippen LogP contribution in [0.1, 0.15) is 28.8 Å². The van der Waals surface area contributed by atoms with Crippen molar-refractivity contribution in [1.82, 2.24) is 10.2 Å². The van der Waals surface area contributed by atoms with Crippen molar-refractivity contribution in [2.24, 2.45) is 0 Å². The Labute approximate surface area is 138 Å². The van der Waals surface area contributed by atoms with E-state index in [9.17, 15) is 14.4 Å². The standard InChI is InChI=1S/C16H19N3O5/c20-14-4-3-12(8-24-9-18-14)19-7-10-1-2-11(17-6-15(21)22)5-13(10)16(19)23/h1-2,5,12,17H,3-4,6-9H2,(H,18,20)(H,21,22). The number of ether oxygens (including phenoxy) is 1. The van der Waals surface area contributed by atoms with Crippen LogP contribution in [0.3, 0.4) is 0 Å². The first kappa shape index (κ1) is 16.3. The molecule has 0 bridgehead atoms. The molecule has 1 fully saturated rings. The van der Waals surface area contributed by atoms with Crippen LogP contribution in [0.15, 0.2) is 18.2 Å². The molecule has 24 heavy (non-hydrogen) atoms. The Kier molecular flexibility index (Phi) is 4.66. The summed E-state index contributed by atoms with van der Waals surface area (Å²) < 4.78 is 5.40. The zero-order valence-electron chi connectivity index (χ0n) is 13.1. The summed E-state index contributed by atoms with van der Waals surface area (Å²) in [5.74, 6) is -1.16. The summed E-state index contributed by atoms with van der Waals surface area (Å²) in [7, 11) is 0. The molecule has 8 heteroatoms. The number of fused-ring (bicyclic) bond motifs is 1. The molecule has 2 heterocycles. The van der Waals surface area contributed by atoms with Crippen LogP contribution in [0, 0.1) is 0 Å². The van der Waals surface area contributed by atoms with E-state index in [1.54, 1.807) is 17.0 Å². The van der Waals surface area contributed by atoms with Crippen LogP contribution in [0.25, 0.3) is 0 Å². The Balaban J connectivity index is 1.72. The molecule has 1 aromatic rings. The number of amides is 2. The van der Waals surface area contributed by atoms with Gasteiger partial charge in [0.05, 0.1) is 12.6 Å². The van der Waals surface area contributed by atoms with Gasteiger partial charge in [-0.25, -0.2) is 0 Å². The predicted octanol–water partition coefficient (Wildman–Crippen LogP) is 0.392. The molecule has 3 rings (SSSR count). The van der Waals surface area contributed by atoms with E-state index in [0.29, 0.717) is 37.2 Å². The molecule has 1 atom stereocenters. The molecule has 0 spiro atoms. The van der Waals surface area contributed by atoms with Crippen molar-refractivity contribution in [3.63, 3.8) is 0 Å². The molecule has 0 aromatic heterocycles. The van der Waals surface area contributed by atoms with Crippen LogP contribution in [0.5, 0.6) is 0 Å². The quantitative estimate of drug-likeness (QED) is 0.736. The van der Waals surface area contributed by atoms with E-state index >= 15 is 0 Å². The third-order valence-corrected chi connectivity index (χ3v) is 4.21. The predicted molar refractivity (Wildman–Crippen MR) is 84.4 cm³/mol. The first-order valence-corrected chi connectivity index (χ1v) is 7.78. The van der Waals surface area contributed by atoms with Crippen LogP contribution in [0.2, 0.25) is 0 Å². The van der Waals surface area contributed by atoms with Crippen molar-refractivity contribution in [2.45, 2.75) is 25.4 Å². The van der Waals surface area contributed by atoms with E-state index in [1.165, 1.54) is 0 Å². The van der Waals surface area contributed by atoms with Crippen LogP contribution in [-0.4, -0.2) is 53.7 Å². The van der Waals surface area contributed by atoms with Crippen LogP contribution < -0.4 is 10.6 Å². The lowest BCUT2D eigenvalue weighted by Gasteiger charge is -2.29. The maximum Gasteiger partial charge on any atom is 0.322 e. The van der Waals surface area contributed by atoms with Crippen molar-refractivity contribution in [3.05, 3.63) is 29.3 Å². The number of carbonyl (C=O) groups is 3. The summed E-state index contributed by atoms with van der Waals surface area (Å²) in [4.78, 5) is 36.6. The Morgan fingerprint density at radius 2 is 2.25 bits per heavy atom. The summed E-state index contributed by atoms with van der Waals surface area (Å²) in [5, 5.41) is 14.1. The summed E-state index contributed by atoms with van der Waals surface area (Å²) in [5.41, 5.74) is 2.06. The van der Waals surface area contributed by atoms with Crippen molar-refractivity contribution in [3.8, 4) is 0 Å². The van der Waals surface area contributed by atoms with E-state index in [4.69, 9.17) is 9.84 Å². The maximum atomic E-state index is 12.7. The topological polar surface area (TPSA) is 108 Å². The van der Waals surface area contributed by atoms with Gasteiger partial charge in [0.1, 0.15) is 13.3 Å². The first-order valence-electron chi connectivity index (χ1n) is 7.78. The first-order chi connectivity index (χ1) is 11.5. The van der Waals surface area contributed by atoms with Crippen molar-refractivity contribution < 1.29 is 24.2 Å². The smallest absolute Gasteiger partial charge is 0.322 e. The third-order valence-electron chi connectivity index (χ3n) is 4.21. The van der Waals surface area contributed by atoms with Gasteiger partial charge in [-0.1, -0.05) is 6.07 Å². The zero-order valence-corrected chi connectivity index (χ0v) is 13.1. The minimum absolute atomic E-state index is 0.0796.